The zero-order valence-corrected chi connectivity index (χ0v) is 9.74. The molecule has 0 aliphatic heterocycles. The lowest BCUT2D eigenvalue weighted by atomic mass is 9.76. The third kappa shape index (κ3) is 0.914. The topological polar surface area (TPSA) is 0 Å². The Morgan fingerprint density at radius 2 is 1.24 bits per heavy atom. The van der Waals surface area contributed by atoms with E-state index < -0.39 is 0 Å². The molecular formula is C17H14. The standard InChI is InChI=1S/C17H14/c1-3-10-7-8-11-4-2-6-13-15-9-14(15)12(5-1)16(10)17(11)13/h1-6,14-15H,7-9H2. The second-order valence-corrected chi connectivity index (χ2v) is 5.71. The van der Waals surface area contributed by atoms with Gasteiger partial charge in [0.25, 0.3) is 0 Å². The Kier molecular flexibility index (Phi) is 1.32. The fraction of sp³-hybridized carbons (Fsp3) is 0.294. The highest BCUT2D eigenvalue weighted by Gasteiger charge is 2.46. The van der Waals surface area contributed by atoms with Crippen LogP contribution in [0.1, 0.15) is 40.5 Å². The van der Waals surface area contributed by atoms with Crippen LogP contribution >= 0.6 is 0 Å². The Bertz CT molecular complexity index is 594. The van der Waals surface area contributed by atoms with Gasteiger partial charge < -0.3 is 0 Å². The molecule has 17 heavy (non-hydrogen) atoms. The molecule has 0 aromatic heterocycles. The van der Waals surface area contributed by atoms with Crippen molar-refractivity contribution >= 4 is 0 Å². The normalized spacial score (nSPS) is 26.1. The van der Waals surface area contributed by atoms with Gasteiger partial charge in [-0.15, -0.1) is 0 Å². The predicted molar refractivity (Wildman–Crippen MR) is 69.4 cm³/mol. The SMILES string of the molecule is c1cc2c3c(c1)C1CC1c1cccc(c1-3)CC2. The Labute approximate surface area is 101 Å². The lowest BCUT2D eigenvalue weighted by molar-refractivity contribution is 0.899. The minimum atomic E-state index is 0.839. The first kappa shape index (κ1) is 8.52. The fourth-order valence-electron chi connectivity index (χ4n) is 4.04. The van der Waals surface area contributed by atoms with Crippen molar-refractivity contribution in [3.05, 3.63) is 58.7 Å². The largest absolute Gasteiger partial charge is 0.0617 e. The van der Waals surface area contributed by atoms with E-state index in [4.69, 9.17) is 0 Å². The molecule has 0 bridgehead atoms. The second-order valence-electron chi connectivity index (χ2n) is 5.71. The molecule has 0 heterocycles. The van der Waals surface area contributed by atoms with E-state index in [1.807, 2.05) is 0 Å². The van der Waals surface area contributed by atoms with Crippen LogP contribution in [-0.4, -0.2) is 0 Å². The molecule has 5 rings (SSSR count). The quantitative estimate of drug-likeness (QED) is 0.626. The number of rotatable bonds is 0. The van der Waals surface area contributed by atoms with Gasteiger partial charge in [0.15, 0.2) is 0 Å². The van der Waals surface area contributed by atoms with Crippen molar-refractivity contribution in [2.75, 3.05) is 0 Å². The average Bonchev–Trinajstić information content (AvgIpc) is 3.17. The Hall–Kier alpha value is -1.56. The maximum absolute atomic E-state index is 2.37. The zero-order chi connectivity index (χ0) is 11.0. The van der Waals surface area contributed by atoms with Gasteiger partial charge >= 0.3 is 0 Å². The molecule has 0 amide bonds. The summed E-state index contributed by atoms with van der Waals surface area (Å²) >= 11 is 0. The molecule has 3 aliphatic rings. The van der Waals surface area contributed by atoms with E-state index in [2.05, 4.69) is 36.4 Å². The van der Waals surface area contributed by atoms with Crippen LogP contribution in [0.15, 0.2) is 36.4 Å². The van der Waals surface area contributed by atoms with E-state index in [1.54, 1.807) is 33.4 Å². The fourth-order valence-corrected chi connectivity index (χ4v) is 4.04. The second kappa shape index (κ2) is 2.64. The van der Waals surface area contributed by atoms with Crippen LogP contribution in [0, 0.1) is 0 Å². The molecule has 2 aromatic carbocycles. The van der Waals surface area contributed by atoms with E-state index in [0.717, 1.165) is 11.8 Å². The number of benzene rings is 2. The molecule has 2 aromatic rings. The van der Waals surface area contributed by atoms with Crippen molar-refractivity contribution in [3.8, 4) is 11.1 Å². The highest BCUT2D eigenvalue weighted by molar-refractivity contribution is 5.83. The maximum Gasteiger partial charge on any atom is -0.00804 e. The molecule has 0 radical (unpaired) electrons. The van der Waals surface area contributed by atoms with Gasteiger partial charge in [-0.3, -0.25) is 0 Å². The van der Waals surface area contributed by atoms with Crippen LogP contribution in [0.25, 0.3) is 11.1 Å². The van der Waals surface area contributed by atoms with Gasteiger partial charge in [-0.25, -0.2) is 0 Å². The molecule has 0 spiro atoms. The summed E-state index contributed by atoms with van der Waals surface area (Å²) in [4.78, 5) is 0. The van der Waals surface area contributed by atoms with E-state index >= 15 is 0 Å². The summed E-state index contributed by atoms with van der Waals surface area (Å²) in [6.07, 6.45) is 3.85. The molecular weight excluding hydrogens is 204 g/mol. The van der Waals surface area contributed by atoms with Crippen molar-refractivity contribution in [1.29, 1.82) is 0 Å². The number of hydrogen-bond donors (Lipinski definition) is 0. The summed E-state index contributed by atoms with van der Waals surface area (Å²) in [7, 11) is 0. The molecule has 0 saturated heterocycles. The summed E-state index contributed by atoms with van der Waals surface area (Å²) in [6.45, 7) is 0. The van der Waals surface area contributed by atoms with Crippen LogP contribution < -0.4 is 0 Å². The van der Waals surface area contributed by atoms with Gasteiger partial charge in [0.2, 0.25) is 0 Å². The Morgan fingerprint density at radius 3 is 1.76 bits per heavy atom. The smallest absolute Gasteiger partial charge is 0.00804 e. The van der Waals surface area contributed by atoms with E-state index in [0.29, 0.717) is 0 Å². The van der Waals surface area contributed by atoms with Crippen molar-refractivity contribution in [2.45, 2.75) is 31.1 Å². The lowest BCUT2D eigenvalue weighted by Crippen LogP contribution is -2.11. The number of aryl methyl sites for hydroxylation is 2. The predicted octanol–water partition coefficient (Wildman–Crippen LogP) is 4.04. The first-order valence-corrected chi connectivity index (χ1v) is 6.67. The molecule has 1 fully saturated rings. The molecule has 2 unspecified atom stereocenters. The van der Waals surface area contributed by atoms with Crippen LogP contribution in [0.3, 0.4) is 0 Å². The molecule has 0 N–H and O–H groups in total. The molecule has 1 saturated carbocycles. The highest BCUT2D eigenvalue weighted by Crippen LogP contribution is 2.63. The molecule has 2 atom stereocenters. The zero-order valence-electron chi connectivity index (χ0n) is 9.74. The van der Waals surface area contributed by atoms with Gasteiger partial charge in [0.05, 0.1) is 0 Å². The van der Waals surface area contributed by atoms with Crippen LogP contribution in [0.5, 0.6) is 0 Å². The molecule has 0 nitrogen and oxygen atoms in total. The molecule has 82 valence electrons. The third-order valence-electron chi connectivity index (χ3n) is 4.87. The first-order valence-electron chi connectivity index (χ1n) is 6.67. The lowest BCUT2D eigenvalue weighted by Gasteiger charge is -2.28. The van der Waals surface area contributed by atoms with Gasteiger partial charge in [0.1, 0.15) is 0 Å². The number of fused-ring (bicyclic) bond motifs is 3. The van der Waals surface area contributed by atoms with Crippen molar-refractivity contribution in [1.82, 2.24) is 0 Å². The van der Waals surface area contributed by atoms with Crippen LogP contribution in [-0.2, 0) is 12.8 Å². The van der Waals surface area contributed by atoms with Crippen molar-refractivity contribution in [3.63, 3.8) is 0 Å². The summed E-state index contributed by atoms with van der Waals surface area (Å²) < 4.78 is 0. The van der Waals surface area contributed by atoms with Gasteiger partial charge in [-0.2, -0.15) is 0 Å². The molecule has 3 aliphatic carbocycles. The highest BCUT2D eigenvalue weighted by atomic mass is 14.5. The van der Waals surface area contributed by atoms with E-state index in [-0.39, 0.29) is 0 Å². The van der Waals surface area contributed by atoms with Crippen molar-refractivity contribution in [2.24, 2.45) is 0 Å². The first-order chi connectivity index (χ1) is 8.43. The monoisotopic (exact) mass is 218 g/mol. The Balaban J connectivity index is 1.99. The van der Waals surface area contributed by atoms with Gasteiger partial charge in [-0.1, -0.05) is 36.4 Å². The average molecular weight is 218 g/mol. The van der Waals surface area contributed by atoms with Gasteiger partial charge in [0, 0.05) is 0 Å². The summed E-state index contributed by atoms with van der Waals surface area (Å²) in [5.41, 5.74) is 9.70. The van der Waals surface area contributed by atoms with Crippen molar-refractivity contribution < 1.29 is 0 Å². The van der Waals surface area contributed by atoms with E-state index in [9.17, 15) is 0 Å². The maximum atomic E-state index is 2.37. The summed E-state index contributed by atoms with van der Waals surface area (Å²) in [6, 6.07) is 13.9. The minimum absolute atomic E-state index is 0.839. The van der Waals surface area contributed by atoms with E-state index in [1.165, 1.54) is 19.3 Å². The van der Waals surface area contributed by atoms with Crippen LogP contribution in [0.4, 0.5) is 0 Å². The summed E-state index contributed by atoms with van der Waals surface area (Å²) in [5, 5.41) is 0. The number of hydrogen-bond acceptors (Lipinski definition) is 0. The van der Waals surface area contributed by atoms with Crippen LogP contribution in [0.2, 0.25) is 0 Å². The van der Waals surface area contributed by atoms with Gasteiger partial charge in [-0.05, 0) is 64.5 Å². The minimum Gasteiger partial charge on any atom is -0.0617 e. The Morgan fingerprint density at radius 1 is 0.706 bits per heavy atom. The third-order valence-corrected chi connectivity index (χ3v) is 4.87. The summed E-state index contributed by atoms with van der Waals surface area (Å²) in [5.74, 6) is 1.68. The molecule has 0 heteroatoms.